The standard InChI is InChI=1S/C10H14ClN3S/c1-8(11)7-14-10(12)13-5-4-9-3-2-6-15-9/h2-3,6H,1,4-5,7H2,(H3,12,13,14). The van der Waals surface area contributed by atoms with Crippen LogP contribution in [0.5, 0.6) is 0 Å². The molecule has 0 aliphatic carbocycles. The van der Waals surface area contributed by atoms with E-state index in [-0.39, 0.29) is 0 Å². The van der Waals surface area contributed by atoms with Gasteiger partial charge in [0.1, 0.15) is 0 Å². The number of hydrogen-bond donors (Lipinski definition) is 2. The Balaban J connectivity index is 2.19. The molecule has 0 saturated carbocycles. The van der Waals surface area contributed by atoms with E-state index in [1.54, 1.807) is 11.3 Å². The first kappa shape index (κ1) is 12.1. The molecule has 1 aromatic heterocycles. The summed E-state index contributed by atoms with van der Waals surface area (Å²) in [4.78, 5) is 5.33. The number of halogens is 1. The molecular formula is C10H14ClN3S. The Morgan fingerprint density at radius 3 is 3.07 bits per heavy atom. The van der Waals surface area contributed by atoms with Crippen molar-refractivity contribution in [3.05, 3.63) is 34.0 Å². The predicted molar refractivity (Wildman–Crippen MR) is 67.5 cm³/mol. The number of nitrogens with two attached hydrogens (primary N) is 1. The Hall–Kier alpha value is -1.000. The number of hydrogen-bond acceptors (Lipinski definition) is 2. The average molecular weight is 244 g/mol. The minimum Gasteiger partial charge on any atom is -0.370 e. The zero-order chi connectivity index (χ0) is 11.1. The third-order valence-electron chi connectivity index (χ3n) is 1.68. The molecule has 0 spiro atoms. The van der Waals surface area contributed by atoms with Gasteiger partial charge in [0.25, 0.3) is 0 Å². The van der Waals surface area contributed by atoms with E-state index in [4.69, 9.17) is 17.3 Å². The van der Waals surface area contributed by atoms with Gasteiger partial charge in [-0.2, -0.15) is 0 Å². The molecule has 15 heavy (non-hydrogen) atoms. The van der Waals surface area contributed by atoms with Gasteiger partial charge < -0.3 is 11.1 Å². The average Bonchev–Trinajstić information content (AvgIpc) is 2.67. The zero-order valence-corrected chi connectivity index (χ0v) is 9.94. The molecule has 0 fully saturated rings. The molecule has 0 unspecified atom stereocenters. The highest BCUT2D eigenvalue weighted by Crippen LogP contribution is 2.07. The lowest BCUT2D eigenvalue weighted by Crippen LogP contribution is -2.33. The Morgan fingerprint density at radius 1 is 1.67 bits per heavy atom. The fourth-order valence-corrected chi connectivity index (χ4v) is 1.76. The molecule has 0 atom stereocenters. The van der Waals surface area contributed by atoms with Crippen LogP contribution in [0.15, 0.2) is 34.1 Å². The van der Waals surface area contributed by atoms with E-state index in [9.17, 15) is 0 Å². The number of nitrogens with zero attached hydrogens (tertiary/aromatic N) is 1. The third kappa shape index (κ3) is 5.44. The van der Waals surface area contributed by atoms with Crippen molar-refractivity contribution in [3.63, 3.8) is 0 Å². The topological polar surface area (TPSA) is 50.4 Å². The Kier molecular flexibility index (Phi) is 5.21. The summed E-state index contributed by atoms with van der Waals surface area (Å²) in [5.74, 6) is 0.411. The van der Waals surface area contributed by atoms with Gasteiger partial charge in [0.05, 0.1) is 6.54 Å². The minimum absolute atomic E-state index is 0.361. The fraction of sp³-hybridized carbons (Fsp3) is 0.300. The monoisotopic (exact) mass is 243 g/mol. The summed E-state index contributed by atoms with van der Waals surface area (Å²) < 4.78 is 0. The number of thiophene rings is 1. The summed E-state index contributed by atoms with van der Waals surface area (Å²) in [6.45, 7) is 4.67. The highest BCUT2D eigenvalue weighted by atomic mass is 35.5. The van der Waals surface area contributed by atoms with Crippen LogP contribution < -0.4 is 11.1 Å². The maximum atomic E-state index is 5.60. The van der Waals surface area contributed by atoms with Crippen molar-refractivity contribution < 1.29 is 0 Å². The summed E-state index contributed by atoms with van der Waals surface area (Å²) in [5, 5.41) is 5.55. The first-order valence-electron chi connectivity index (χ1n) is 4.58. The first-order chi connectivity index (χ1) is 7.18. The number of aliphatic imine (C=N–C) groups is 1. The highest BCUT2D eigenvalue weighted by molar-refractivity contribution is 7.09. The van der Waals surface area contributed by atoms with Crippen molar-refractivity contribution in [1.29, 1.82) is 0 Å². The summed E-state index contributed by atoms with van der Waals surface area (Å²) >= 11 is 7.29. The van der Waals surface area contributed by atoms with E-state index in [0.717, 1.165) is 13.0 Å². The maximum Gasteiger partial charge on any atom is 0.188 e. The van der Waals surface area contributed by atoms with Gasteiger partial charge in [-0.1, -0.05) is 24.2 Å². The van der Waals surface area contributed by atoms with Gasteiger partial charge in [-0.25, -0.2) is 4.99 Å². The summed E-state index contributed by atoms with van der Waals surface area (Å²) in [6.07, 6.45) is 0.954. The second-order valence-corrected chi connectivity index (χ2v) is 4.54. The quantitative estimate of drug-likeness (QED) is 0.614. The van der Waals surface area contributed by atoms with E-state index in [1.807, 2.05) is 6.07 Å². The van der Waals surface area contributed by atoms with Gasteiger partial charge in [-0.15, -0.1) is 11.3 Å². The van der Waals surface area contributed by atoms with Gasteiger partial charge in [-0.3, -0.25) is 0 Å². The van der Waals surface area contributed by atoms with Crippen LogP contribution in [-0.4, -0.2) is 19.0 Å². The second-order valence-electron chi connectivity index (χ2n) is 2.97. The summed E-state index contributed by atoms with van der Waals surface area (Å²) in [7, 11) is 0. The van der Waals surface area contributed by atoms with E-state index < -0.39 is 0 Å². The van der Waals surface area contributed by atoms with E-state index >= 15 is 0 Å². The molecule has 3 nitrogen and oxygen atoms in total. The molecule has 0 aromatic carbocycles. The van der Waals surface area contributed by atoms with E-state index in [0.29, 0.717) is 17.5 Å². The molecule has 1 heterocycles. The van der Waals surface area contributed by atoms with Crippen LogP contribution in [0.4, 0.5) is 0 Å². The summed E-state index contributed by atoms with van der Waals surface area (Å²) in [5.41, 5.74) is 5.60. The van der Waals surface area contributed by atoms with Crippen molar-refractivity contribution in [3.8, 4) is 0 Å². The van der Waals surface area contributed by atoms with Crippen molar-refractivity contribution in [1.82, 2.24) is 5.32 Å². The summed E-state index contributed by atoms with van der Waals surface area (Å²) in [6, 6.07) is 4.13. The van der Waals surface area contributed by atoms with Crippen molar-refractivity contribution >= 4 is 28.9 Å². The molecule has 0 saturated heterocycles. The predicted octanol–water partition coefficient (Wildman–Crippen LogP) is 1.95. The molecular weight excluding hydrogens is 230 g/mol. The third-order valence-corrected chi connectivity index (χ3v) is 2.73. The largest absolute Gasteiger partial charge is 0.370 e. The van der Waals surface area contributed by atoms with Gasteiger partial charge in [0.2, 0.25) is 0 Å². The van der Waals surface area contributed by atoms with Crippen LogP contribution in [0, 0.1) is 0 Å². The van der Waals surface area contributed by atoms with Crippen molar-refractivity contribution in [2.24, 2.45) is 10.7 Å². The van der Waals surface area contributed by atoms with Crippen LogP contribution in [-0.2, 0) is 6.42 Å². The van der Waals surface area contributed by atoms with E-state index in [1.165, 1.54) is 4.88 Å². The van der Waals surface area contributed by atoms with Gasteiger partial charge >= 0.3 is 0 Å². The number of guanidine groups is 1. The van der Waals surface area contributed by atoms with Crippen LogP contribution in [0.2, 0.25) is 0 Å². The first-order valence-corrected chi connectivity index (χ1v) is 5.83. The molecule has 0 radical (unpaired) electrons. The highest BCUT2D eigenvalue weighted by Gasteiger charge is 1.94. The van der Waals surface area contributed by atoms with Crippen LogP contribution in [0.25, 0.3) is 0 Å². The normalized spacial score (nSPS) is 11.4. The Morgan fingerprint density at radius 2 is 2.47 bits per heavy atom. The van der Waals surface area contributed by atoms with Gasteiger partial charge in [0.15, 0.2) is 5.96 Å². The molecule has 5 heteroatoms. The number of nitrogens with one attached hydrogen (secondary N) is 1. The molecule has 3 N–H and O–H groups in total. The lowest BCUT2D eigenvalue weighted by atomic mass is 10.3. The molecule has 1 aromatic rings. The number of rotatable bonds is 5. The van der Waals surface area contributed by atoms with Gasteiger partial charge in [-0.05, 0) is 17.9 Å². The maximum absolute atomic E-state index is 5.60. The molecule has 0 aliphatic heterocycles. The van der Waals surface area contributed by atoms with Crippen LogP contribution in [0.1, 0.15) is 4.88 Å². The lowest BCUT2D eigenvalue weighted by molar-refractivity contribution is 0.863. The van der Waals surface area contributed by atoms with Crippen molar-refractivity contribution in [2.45, 2.75) is 6.42 Å². The van der Waals surface area contributed by atoms with Crippen LogP contribution in [0.3, 0.4) is 0 Å². The molecule has 0 bridgehead atoms. The lowest BCUT2D eigenvalue weighted by Gasteiger charge is -2.03. The molecule has 0 amide bonds. The SMILES string of the molecule is C=C(Cl)CN=C(N)NCCc1cccs1. The van der Waals surface area contributed by atoms with Crippen molar-refractivity contribution in [2.75, 3.05) is 13.1 Å². The van der Waals surface area contributed by atoms with Crippen LogP contribution >= 0.6 is 22.9 Å². The molecule has 1 rings (SSSR count). The zero-order valence-electron chi connectivity index (χ0n) is 8.37. The Labute approximate surface area is 98.7 Å². The van der Waals surface area contributed by atoms with Gasteiger partial charge in [0, 0.05) is 16.5 Å². The second kappa shape index (κ2) is 6.48. The smallest absolute Gasteiger partial charge is 0.188 e. The fourth-order valence-electron chi connectivity index (χ4n) is 0.995. The molecule has 0 aliphatic rings. The Bertz CT molecular complexity index is 332. The minimum atomic E-state index is 0.361. The molecule has 82 valence electrons. The van der Waals surface area contributed by atoms with E-state index in [2.05, 4.69) is 28.3 Å².